The summed E-state index contributed by atoms with van der Waals surface area (Å²) in [4.78, 5) is 13.8. The van der Waals surface area contributed by atoms with Crippen LogP contribution in [-0.4, -0.2) is 42.0 Å². The van der Waals surface area contributed by atoms with Gasteiger partial charge in [-0.05, 0) is 18.7 Å². The number of likely N-dealkylation sites (N-methyl/N-ethyl adjacent to an activating group) is 1. The van der Waals surface area contributed by atoms with Crippen LogP contribution in [0.2, 0.25) is 5.02 Å². The van der Waals surface area contributed by atoms with Crippen molar-refractivity contribution < 1.29 is 9.90 Å². The van der Waals surface area contributed by atoms with Crippen molar-refractivity contribution in [1.29, 1.82) is 0 Å². The van der Waals surface area contributed by atoms with E-state index in [1.807, 2.05) is 11.8 Å². The van der Waals surface area contributed by atoms with Crippen molar-refractivity contribution in [2.75, 3.05) is 26.2 Å². The fourth-order valence-electron chi connectivity index (χ4n) is 1.47. The van der Waals surface area contributed by atoms with Crippen molar-refractivity contribution in [3.63, 3.8) is 0 Å². The molecule has 0 unspecified atom stereocenters. The lowest BCUT2D eigenvalue weighted by Gasteiger charge is -2.18. The second-order valence-corrected chi connectivity index (χ2v) is 3.90. The molecule has 1 N–H and O–H groups in total. The summed E-state index contributed by atoms with van der Waals surface area (Å²) in [5.41, 5.74) is 0.542. The molecule has 0 spiro atoms. The van der Waals surface area contributed by atoms with Gasteiger partial charge in [-0.25, -0.2) is 0 Å². The van der Waals surface area contributed by atoms with E-state index in [1.165, 1.54) is 0 Å². The predicted molar refractivity (Wildman–Crippen MR) is 65.0 cm³/mol. The molecule has 1 rings (SSSR count). The Morgan fingerprint density at radius 2 is 2.12 bits per heavy atom. The van der Waals surface area contributed by atoms with E-state index in [1.54, 1.807) is 24.3 Å². The predicted octanol–water partition coefficient (Wildman–Crippen LogP) is 1.84. The van der Waals surface area contributed by atoms with Crippen molar-refractivity contribution >= 4 is 17.4 Å². The Morgan fingerprint density at radius 1 is 1.44 bits per heavy atom. The van der Waals surface area contributed by atoms with Gasteiger partial charge in [0.05, 0.1) is 18.2 Å². The molecule has 16 heavy (non-hydrogen) atoms. The molecule has 4 heteroatoms. The van der Waals surface area contributed by atoms with Crippen molar-refractivity contribution in [2.45, 2.75) is 6.92 Å². The Labute approximate surface area is 101 Å². The number of benzene rings is 1. The second-order valence-electron chi connectivity index (χ2n) is 3.50. The standard InChI is InChI=1S/C12H16ClNO2/c1-2-14(7-8-15)9-12(16)10-5-3-4-6-11(10)13/h3-6,15H,2,7-9H2,1H3. The van der Waals surface area contributed by atoms with Crippen LogP contribution in [0, 0.1) is 0 Å². The maximum absolute atomic E-state index is 11.9. The SMILES string of the molecule is CCN(CCO)CC(=O)c1ccccc1Cl. The first-order valence-electron chi connectivity index (χ1n) is 5.30. The number of ketones is 1. The van der Waals surface area contributed by atoms with Crippen molar-refractivity contribution in [1.82, 2.24) is 4.90 Å². The van der Waals surface area contributed by atoms with E-state index >= 15 is 0 Å². The van der Waals surface area contributed by atoms with E-state index in [-0.39, 0.29) is 12.4 Å². The molecule has 88 valence electrons. The van der Waals surface area contributed by atoms with Gasteiger partial charge < -0.3 is 5.11 Å². The summed E-state index contributed by atoms with van der Waals surface area (Å²) < 4.78 is 0. The highest BCUT2D eigenvalue weighted by atomic mass is 35.5. The average molecular weight is 242 g/mol. The fraction of sp³-hybridized carbons (Fsp3) is 0.417. The molecule has 0 aliphatic heterocycles. The summed E-state index contributed by atoms with van der Waals surface area (Å²) in [5.74, 6) is -0.0131. The Balaban J connectivity index is 2.68. The first-order valence-corrected chi connectivity index (χ1v) is 5.67. The number of hydrogen-bond acceptors (Lipinski definition) is 3. The zero-order valence-electron chi connectivity index (χ0n) is 9.32. The lowest BCUT2D eigenvalue weighted by atomic mass is 10.1. The quantitative estimate of drug-likeness (QED) is 0.773. The van der Waals surface area contributed by atoms with E-state index in [2.05, 4.69) is 0 Å². The van der Waals surface area contributed by atoms with Gasteiger partial charge in [0.15, 0.2) is 5.78 Å². The summed E-state index contributed by atoms with van der Waals surface area (Å²) >= 11 is 5.93. The molecule has 0 amide bonds. The molecule has 0 saturated carbocycles. The Bertz CT molecular complexity index is 355. The molecule has 0 bridgehead atoms. The van der Waals surface area contributed by atoms with Crippen LogP contribution < -0.4 is 0 Å². The van der Waals surface area contributed by atoms with Crippen molar-refractivity contribution in [2.24, 2.45) is 0 Å². The zero-order valence-corrected chi connectivity index (χ0v) is 10.1. The second kappa shape index (κ2) is 6.63. The van der Waals surface area contributed by atoms with Gasteiger partial charge >= 0.3 is 0 Å². The van der Waals surface area contributed by atoms with E-state index in [4.69, 9.17) is 16.7 Å². The topological polar surface area (TPSA) is 40.5 Å². The number of rotatable bonds is 6. The van der Waals surface area contributed by atoms with Crippen molar-refractivity contribution in [3.05, 3.63) is 34.9 Å². The van der Waals surface area contributed by atoms with Crippen LogP contribution >= 0.6 is 11.6 Å². The van der Waals surface area contributed by atoms with Gasteiger partial charge in [0.25, 0.3) is 0 Å². The summed E-state index contributed by atoms with van der Waals surface area (Å²) in [7, 11) is 0. The number of aliphatic hydroxyl groups is 1. The van der Waals surface area contributed by atoms with Gasteiger partial charge in [-0.1, -0.05) is 30.7 Å². The van der Waals surface area contributed by atoms with Crippen molar-refractivity contribution in [3.8, 4) is 0 Å². The molecular formula is C12H16ClNO2. The number of nitrogens with zero attached hydrogens (tertiary/aromatic N) is 1. The summed E-state index contributed by atoms with van der Waals surface area (Å²) in [5, 5.41) is 9.31. The van der Waals surface area contributed by atoms with Gasteiger partial charge in [0.2, 0.25) is 0 Å². The third-order valence-electron chi connectivity index (χ3n) is 2.40. The molecule has 0 fully saturated rings. The number of aliphatic hydroxyl groups excluding tert-OH is 1. The van der Waals surface area contributed by atoms with Crippen LogP contribution in [0.1, 0.15) is 17.3 Å². The first kappa shape index (κ1) is 13.2. The van der Waals surface area contributed by atoms with Crippen LogP contribution in [-0.2, 0) is 0 Å². The van der Waals surface area contributed by atoms with Gasteiger partial charge in [-0.15, -0.1) is 0 Å². The van der Waals surface area contributed by atoms with Gasteiger partial charge in [0.1, 0.15) is 0 Å². The normalized spacial score (nSPS) is 10.8. The first-order chi connectivity index (χ1) is 7.69. The molecular weight excluding hydrogens is 226 g/mol. The van der Waals surface area contributed by atoms with Crippen LogP contribution in [0.4, 0.5) is 0 Å². The van der Waals surface area contributed by atoms with Gasteiger partial charge in [0, 0.05) is 12.1 Å². The number of Topliss-reactive ketones (excluding diaryl/α,β-unsaturated/α-hetero) is 1. The minimum Gasteiger partial charge on any atom is -0.395 e. The summed E-state index contributed by atoms with van der Waals surface area (Å²) in [6.07, 6.45) is 0. The number of carbonyl (C=O) groups excluding carboxylic acids is 1. The van der Waals surface area contributed by atoms with Crippen LogP contribution in [0.5, 0.6) is 0 Å². The minimum atomic E-state index is -0.0131. The van der Waals surface area contributed by atoms with E-state index in [0.717, 1.165) is 6.54 Å². The van der Waals surface area contributed by atoms with E-state index in [0.29, 0.717) is 23.7 Å². The summed E-state index contributed by atoms with van der Waals surface area (Å²) in [6, 6.07) is 7.01. The Hall–Kier alpha value is -0.900. The lowest BCUT2D eigenvalue weighted by molar-refractivity contribution is 0.0920. The third kappa shape index (κ3) is 3.59. The molecule has 0 heterocycles. The highest BCUT2D eigenvalue weighted by Crippen LogP contribution is 2.15. The highest BCUT2D eigenvalue weighted by molar-refractivity contribution is 6.34. The van der Waals surface area contributed by atoms with Crippen LogP contribution in [0.15, 0.2) is 24.3 Å². The molecule has 0 aromatic heterocycles. The zero-order chi connectivity index (χ0) is 12.0. The molecule has 1 aromatic carbocycles. The monoisotopic (exact) mass is 241 g/mol. The number of carbonyl (C=O) groups is 1. The van der Waals surface area contributed by atoms with Crippen LogP contribution in [0.25, 0.3) is 0 Å². The largest absolute Gasteiger partial charge is 0.395 e. The fourth-order valence-corrected chi connectivity index (χ4v) is 1.71. The molecule has 0 radical (unpaired) electrons. The van der Waals surface area contributed by atoms with Gasteiger partial charge in [-0.2, -0.15) is 0 Å². The lowest BCUT2D eigenvalue weighted by Crippen LogP contribution is -2.32. The maximum atomic E-state index is 11.9. The molecule has 0 aliphatic carbocycles. The molecule has 1 aromatic rings. The highest BCUT2D eigenvalue weighted by Gasteiger charge is 2.13. The Kier molecular flexibility index (Phi) is 5.46. The number of hydrogen-bond donors (Lipinski definition) is 1. The van der Waals surface area contributed by atoms with Crippen LogP contribution in [0.3, 0.4) is 0 Å². The minimum absolute atomic E-state index is 0.0131. The third-order valence-corrected chi connectivity index (χ3v) is 2.73. The Morgan fingerprint density at radius 3 is 2.69 bits per heavy atom. The number of halogens is 1. The smallest absolute Gasteiger partial charge is 0.178 e. The van der Waals surface area contributed by atoms with Gasteiger partial charge in [-0.3, -0.25) is 9.69 Å². The molecule has 0 aliphatic rings. The average Bonchev–Trinajstić information content (AvgIpc) is 2.28. The maximum Gasteiger partial charge on any atom is 0.178 e. The van der Waals surface area contributed by atoms with E-state index < -0.39 is 0 Å². The van der Waals surface area contributed by atoms with E-state index in [9.17, 15) is 4.79 Å². The molecule has 0 saturated heterocycles. The molecule has 3 nitrogen and oxygen atoms in total. The molecule has 0 atom stereocenters. The summed E-state index contributed by atoms with van der Waals surface area (Å²) in [6.45, 7) is 3.55.